The zero-order chi connectivity index (χ0) is 15.8. The van der Waals surface area contributed by atoms with Gasteiger partial charge in [-0.15, -0.1) is 0 Å². The number of rotatable bonds is 8. The summed E-state index contributed by atoms with van der Waals surface area (Å²) in [4.78, 5) is 16.5. The molecular weight excluding hydrogens is 288 g/mol. The molecule has 1 heterocycles. The Morgan fingerprint density at radius 2 is 2.19 bits per heavy atom. The molecule has 0 saturated heterocycles. The summed E-state index contributed by atoms with van der Waals surface area (Å²) < 4.78 is 11.1. The zero-order valence-electron chi connectivity index (χ0n) is 12.8. The van der Waals surface area contributed by atoms with Crippen LogP contribution in [-0.4, -0.2) is 33.2 Å². The molecule has 2 unspecified atom stereocenters. The SMILES string of the molecule is CCCc1cc(C(=O)NC(C)CCS(C)=O)cc(NN)n1. The standard InChI is InChI=1S/C14H24N4O2S/c1-4-5-12-8-11(9-13(17-12)18-15)14(19)16-10(2)6-7-21(3)20/h8-10H,4-7,15H2,1-3H3,(H,16,19)(H,17,18). The summed E-state index contributed by atoms with van der Waals surface area (Å²) >= 11 is 0. The van der Waals surface area contributed by atoms with Crippen molar-refractivity contribution < 1.29 is 9.00 Å². The van der Waals surface area contributed by atoms with Crippen molar-refractivity contribution >= 4 is 22.5 Å². The van der Waals surface area contributed by atoms with E-state index in [-0.39, 0.29) is 11.9 Å². The van der Waals surface area contributed by atoms with E-state index in [1.165, 1.54) is 0 Å². The molecule has 0 radical (unpaired) electrons. The largest absolute Gasteiger partial charge is 0.350 e. The summed E-state index contributed by atoms with van der Waals surface area (Å²) in [6, 6.07) is 3.38. The molecule has 4 N–H and O–H groups in total. The molecule has 6 nitrogen and oxygen atoms in total. The average molecular weight is 312 g/mol. The number of carbonyl (C=O) groups is 1. The number of amides is 1. The Bertz CT molecular complexity index is 508. The molecule has 0 spiro atoms. The lowest BCUT2D eigenvalue weighted by atomic mass is 10.1. The first-order chi connectivity index (χ1) is 9.96. The number of nitrogens with two attached hydrogens (primary N) is 1. The monoisotopic (exact) mass is 312 g/mol. The quantitative estimate of drug-likeness (QED) is 0.495. The lowest BCUT2D eigenvalue weighted by Gasteiger charge is -2.14. The van der Waals surface area contributed by atoms with Crippen LogP contribution in [-0.2, 0) is 17.2 Å². The molecule has 0 fully saturated rings. The van der Waals surface area contributed by atoms with Gasteiger partial charge in [-0.2, -0.15) is 0 Å². The summed E-state index contributed by atoms with van der Waals surface area (Å²) in [5.74, 6) is 6.28. The summed E-state index contributed by atoms with van der Waals surface area (Å²) in [7, 11) is -0.845. The number of nitrogens with one attached hydrogen (secondary N) is 2. The van der Waals surface area contributed by atoms with Crippen LogP contribution in [0.5, 0.6) is 0 Å². The minimum Gasteiger partial charge on any atom is -0.350 e. The van der Waals surface area contributed by atoms with E-state index in [4.69, 9.17) is 5.84 Å². The molecule has 7 heteroatoms. The van der Waals surface area contributed by atoms with Gasteiger partial charge in [0.05, 0.1) is 0 Å². The highest BCUT2D eigenvalue weighted by Gasteiger charge is 2.12. The number of hydrogen-bond donors (Lipinski definition) is 3. The fraction of sp³-hybridized carbons (Fsp3) is 0.571. The second kappa shape index (κ2) is 8.74. The van der Waals surface area contributed by atoms with Gasteiger partial charge in [0.15, 0.2) is 0 Å². The van der Waals surface area contributed by atoms with Gasteiger partial charge in [-0.3, -0.25) is 9.00 Å². The number of hydrogen-bond acceptors (Lipinski definition) is 5. The first-order valence-corrected chi connectivity index (χ1v) is 8.77. The Balaban J connectivity index is 2.76. The van der Waals surface area contributed by atoms with E-state index >= 15 is 0 Å². The fourth-order valence-corrected chi connectivity index (χ4v) is 2.58. The molecule has 0 aliphatic carbocycles. The molecule has 0 bridgehead atoms. The van der Waals surface area contributed by atoms with Crippen molar-refractivity contribution in [3.05, 3.63) is 23.4 Å². The first-order valence-electron chi connectivity index (χ1n) is 7.04. The highest BCUT2D eigenvalue weighted by atomic mass is 32.2. The minimum atomic E-state index is -0.845. The highest BCUT2D eigenvalue weighted by Crippen LogP contribution is 2.12. The molecule has 1 amide bonds. The first kappa shape index (κ1) is 17.6. The Hall–Kier alpha value is -1.47. The lowest BCUT2D eigenvalue weighted by Crippen LogP contribution is -2.33. The number of aryl methyl sites for hydroxylation is 1. The van der Waals surface area contributed by atoms with Crippen LogP contribution in [0.2, 0.25) is 0 Å². The topological polar surface area (TPSA) is 97.1 Å². The van der Waals surface area contributed by atoms with E-state index in [2.05, 4.69) is 22.7 Å². The van der Waals surface area contributed by atoms with E-state index in [0.29, 0.717) is 23.6 Å². The molecule has 0 saturated carbocycles. The van der Waals surface area contributed by atoms with Gasteiger partial charge in [0, 0.05) is 40.1 Å². The zero-order valence-corrected chi connectivity index (χ0v) is 13.6. The van der Waals surface area contributed by atoms with Gasteiger partial charge in [-0.25, -0.2) is 10.8 Å². The van der Waals surface area contributed by atoms with E-state index in [1.807, 2.05) is 6.92 Å². The maximum atomic E-state index is 12.2. The van der Waals surface area contributed by atoms with Crippen molar-refractivity contribution in [1.29, 1.82) is 0 Å². The van der Waals surface area contributed by atoms with Gasteiger partial charge in [0.25, 0.3) is 5.91 Å². The number of carbonyl (C=O) groups excluding carboxylic acids is 1. The van der Waals surface area contributed by atoms with Crippen molar-refractivity contribution in [2.24, 2.45) is 5.84 Å². The Morgan fingerprint density at radius 1 is 1.48 bits per heavy atom. The molecule has 2 atom stereocenters. The lowest BCUT2D eigenvalue weighted by molar-refractivity contribution is 0.0939. The fourth-order valence-electron chi connectivity index (χ4n) is 1.90. The molecule has 1 aromatic heterocycles. The normalized spacial score (nSPS) is 13.5. The summed E-state index contributed by atoms with van der Waals surface area (Å²) in [6.07, 6.45) is 4.08. The maximum Gasteiger partial charge on any atom is 0.251 e. The molecule has 1 rings (SSSR count). The molecule has 0 aromatic carbocycles. The Labute approximate surface area is 128 Å². The van der Waals surface area contributed by atoms with Gasteiger partial charge in [0.1, 0.15) is 5.82 Å². The Kier molecular flexibility index (Phi) is 7.31. The van der Waals surface area contributed by atoms with Crippen LogP contribution in [0.15, 0.2) is 12.1 Å². The van der Waals surface area contributed by atoms with Crippen LogP contribution < -0.4 is 16.6 Å². The van der Waals surface area contributed by atoms with Gasteiger partial charge in [-0.05, 0) is 31.9 Å². The van der Waals surface area contributed by atoms with Gasteiger partial charge < -0.3 is 10.7 Å². The Morgan fingerprint density at radius 3 is 2.76 bits per heavy atom. The highest BCUT2D eigenvalue weighted by molar-refractivity contribution is 7.84. The van der Waals surface area contributed by atoms with Crippen molar-refractivity contribution in [1.82, 2.24) is 10.3 Å². The van der Waals surface area contributed by atoms with Gasteiger partial charge in [0.2, 0.25) is 0 Å². The van der Waals surface area contributed by atoms with Crippen LogP contribution in [0.1, 0.15) is 42.7 Å². The van der Waals surface area contributed by atoms with E-state index < -0.39 is 10.8 Å². The van der Waals surface area contributed by atoms with E-state index in [0.717, 1.165) is 18.5 Å². The molecule has 0 aliphatic heterocycles. The van der Waals surface area contributed by atoms with Crippen molar-refractivity contribution in [2.75, 3.05) is 17.4 Å². The van der Waals surface area contributed by atoms with E-state index in [1.54, 1.807) is 18.4 Å². The average Bonchev–Trinajstić information content (AvgIpc) is 2.45. The second-order valence-corrected chi connectivity index (χ2v) is 6.62. The van der Waals surface area contributed by atoms with Crippen molar-refractivity contribution in [3.63, 3.8) is 0 Å². The summed E-state index contributed by atoms with van der Waals surface area (Å²) in [5, 5.41) is 2.90. The molecular formula is C14H24N4O2S. The number of aromatic nitrogens is 1. The summed E-state index contributed by atoms with van der Waals surface area (Å²) in [6.45, 7) is 3.96. The molecule has 1 aromatic rings. The molecule has 118 valence electrons. The number of nitrogen functional groups attached to an aromatic ring is 1. The third-order valence-corrected chi connectivity index (χ3v) is 3.82. The predicted octanol–water partition coefficient (Wildman–Crippen LogP) is 1.21. The third-order valence-electron chi connectivity index (χ3n) is 3.01. The maximum absolute atomic E-state index is 12.2. The number of hydrazine groups is 1. The van der Waals surface area contributed by atoms with Crippen LogP contribution in [0.3, 0.4) is 0 Å². The van der Waals surface area contributed by atoms with Crippen molar-refractivity contribution in [3.8, 4) is 0 Å². The van der Waals surface area contributed by atoms with Crippen molar-refractivity contribution in [2.45, 2.75) is 39.2 Å². The number of pyridine rings is 1. The van der Waals surface area contributed by atoms with E-state index in [9.17, 15) is 9.00 Å². The van der Waals surface area contributed by atoms with Gasteiger partial charge >= 0.3 is 0 Å². The molecule has 21 heavy (non-hydrogen) atoms. The predicted molar refractivity (Wildman–Crippen MR) is 86.5 cm³/mol. The molecule has 0 aliphatic rings. The van der Waals surface area contributed by atoms with Gasteiger partial charge in [-0.1, -0.05) is 13.3 Å². The van der Waals surface area contributed by atoms with Crippen LogP contribution in [0, 0.1) is 0 Å². The second-order valence-electron chi connectivity index (χ2n) is 5.07. The van der Waals surface area contributed by atoms with Crippen LogP contribution in [0.4, 0.5) is 5.82 Å². The van der Waals surface area contributed by atoms with Crippen LogP contribution in [0.25, 0.3) is 0 Å². The minimum absolute atomic E-state index is 0.0292. The summed E-state index contributed by atoms with van der Waals surface area (Å²) in [5.41, 5.74) is 3.85. The number of anilines is 1. The number of nitrogens with zero attached hydrogens (tertiary/aromatic N) is 1. The van der Waals surface area contributed by atoms with Crippen LogP contribution >= 0.6 is 0 Å². The third kappa shape index (κ3) is 6.22. The smallest absolute Gasteiger partial charge is 0.251 e.